The summed E-state index contributed by atoms with van der Waals surface area (Å²) in [5.74, 6) is 0.805. The second-order valence-electron chi connectivity index (χ2n) is 5.92. The molecule has 2 aromatic rings. The van der Waals surface area contributed by atoms with Gasteiger partial charge in [0.25, 0.3) is 5.91 Å². The van der Waals surface area contributed by atoms with E-state index in [4.69, 9.17) is 9.15 Å². The molecule has 0 aliphatic rings. The van der Waals surface area contributed by atoms with Crippen molar-refractivity contribution in [2.45, 2.75) is 20.3 Å². The summed E-state index contributed by atoms with van der Waals surface area (Å²) in [5.41, 5.74) is 0.842. The molecule has 1 N–H and O–H groups in total. The van der Waals surface area contributed by atoms with E-state index in [-0.39, 0.29) is 11.7 Å². The van der Waals surface area contributed by atoms with E-state index in [2.05, 4.69) is 24.1 Å². The highest BCUT2D eigenvalue weighted by Gasteiger charge is 2.08. The van der Waals surface area contributed by atoms with Crippen LogP contribution in [0.5, 0.6) is 0 Å². The molecule has 0 atom stereocenters. The van der Waals surface area contributed by atoms with Gasteiger partial charge in [-0.1, -0.05) is 38.1 Å². The van der Waals surface area contributed by atoms with Gasteiger partial charge in [-0.05, 0) is 50.3 Å². The summed E-state index contributed by atoms with van der Waals surface area (Å²) in [6, 6.07) is 9.79. The first kappa shape index (κ1) is 19.8. The molecular weight excluding hydrogens is 328 g/mol. The third-order valence-electron chi connectivity index (χ3n) is 4.23. The summed E-state index contributed by atoms with van der Waals surface area (Å²) >= 11 is 0. The van der Waals surface area contributed by atoms with Crippen LogP contribution in [0.1, 0.15) is 26.0 Å². The quantitative estimate of drug-likeness (QED) is 0.304. The number of allylic oxidation sites excluding steroid dienone is 2. The van der Waals surface area contributed by atoms with Crippen LogP contribution in [0.15, 0.2) is 52.7 Å². The van der Waals surface area contributed by atoms with Crippen LogP contribution in [0.4, 0.5) is 0 Å². The molecule has 0 aliphatic carbocycles. The van der Waals surface area contributed by atoms with Crippen molar-refractivity contribution < 1.29 is 13.9 Å². The molecule has 1 amide bonds. The summed E-state index contributed by atoms with van der Waals surface area (Å²) in [6.07, 6.45) is 6.13. The highest BCUT2D eigenvalue weighted by atomic mass is 16.5. The second kappa shape index (κ2) is 10.5. The third kappa shape index (κ3) is 5.77. The predicted molar refractivity (Wildman–Crippen MR) is 106 cm³/mol. The van der Waals surface area contributed by atoms with Crippen molar-refractivity contribution in [2.75, 3.05) is 33.3 Å². The largest absolute Gasteiger partial charge is 0.491 e. The van der Waals surface area contributed by atoms with Gasteiger partial charge >= 0.3 is 0 Å². The monoisotopic (exact) mass is 356 g/mol. The van der Waals surface area contributed by atoms with Crippen LogP contribution >= 0.6 is 0 Å². The van der Waals surface area contributed by atoms with Crippen LogP contribution in [0.2, 0.25) is 0 Å². The Hall–Kier alpha value is -2.53. The number of para-hydroxylation sites is 1. The minimum atomic E-state index is -0.207. The summed E-state index contributed by atoms with van der Waals surface area (Å²) in [7, 11) is 1.50. The van der Waals surface area contributed by atoms with E-state index < -0.39 is 0 Å². The number of fused-ring (bicyclic) bond motifs is 1. The van der Waals surface area contributed by atoms with Gasteiger partial charge in [-0.2, -0.15) is 0 Å². The van der Waals surface area contributed by atoms with E-state index in [1.807, 2.05) is 36.4 Å². The van der Waals surface area contributed by atoms with Gasteiger partial charge < -0.3 is 19.4 Å². The first-order valence-corrected chi connectivity index (χ1v) is 9.09. The highest BCUT2D eigenvalue weighted by molar-refractivity contribution is 5.91. The average Bonchev–Trinajstić information content (AvgIpc) is 3.08. The number of nitrogens with one attached hydrogen (secondary N) is 1. The Balaban J connectivity index is 1.86. The first-order chi connectivity index (χ1) is 12.7. The molecule has 140 valence electrons. The lowest BCUT2D eigenvalue weighted by atomic mass is 10.2. The number of carbonyl (C=O) groups excluding carboxylic acids is 1. The van der Waals surface area contributed by atoms with E-state index in [1.54, 1.807) is 12.2 Å². The van der Waals surface area contributed by atoms with Crippen LogP contribution in [-0.4, -0.2) is 44.1 Å². The standard InChI is InChI=1S/C21H28N2O3/c1-4-23(5-2)15-9-14-22-21(24)20(25-3)13-8-11-18-16-17-10-6-7-12-19(17)26-18/h6-8,10-13,16H,4-5,9,14-15H2,1-3H3,(H,22,24)/b11-8+,20-13+. The van der Waals surface area contributed by atoms with Crippen LogP contribution in [0.3, 0.4) is 0 Å². The fraction of sp³-hybridized carbons (Fsp3) is 0.381. The number of nitrogens with zero attached hydrogens (tertiary/aromatic N) is 1. The SMILES string of the molecule is CCN(CC)CCCNC(=O)/C(=C\C=C\c1cc2ccccc2o1)OC. The lowest BCUT2D eigenvalue weighted by Crippen LogP contribution is -2.30. The molecule has 1 aromatic carbocycles. The van der Waals surface area contributed by atoms with Crippen molar-refractivity contribution in [3.8, 4) is 0 Å². The van der Waals surface area contributed by atoms with E-state index in [0.29, 0.717) is 6.54 Å². The highest BCUT2D eigenvalue weighted by Crippen LogP contribution is 2.19. The van der Waals surface area contributed by atoms with Gasteiger partial charge in [0.15, 0.2) is 5.76 Å². The molecule has 5 nitrogen and oxygen atoms in total. The molecule has 2 rings (SSSR count). The molecule has 1 heterocycles. The van der Waals surface area contributed by atoms with E-state index in [0.717, 1.165) is 42.8 Å². The summed E-state index contributed by atoms with van der Waals surface area (Å²) in [4.78, 5) is 14.5. The number of methoxy groups -OCH3 is 1. The van der Waals surface area contributed by atoms with Crippen LogP contribution in [0.25, 0.3) is 17.0 Å². The number of hydrogen-bond donors (Lipinski definition) is 1. The zero-order chi connectivity index (χ0) is 18.8. The normalized spacial score (nSPS) is 12.2. The van der Waals surface area contributed by atoms with Crippen molar-refractivity contribution in [2.24, 2.45) is 0 Å². The zero-order valence-corrected chi connectivity index (χ0v) is 15.8. The first-order valence-electron chi connectivity index (χ1n) is 9.09. The molecular formula is C21H28N2O3. The van der Waals surface area contributed by atoms with Gasteiger partial charge in [0, 0.05) is 11.9 Å². The Labute approximate surface area is 155 Å². The number of amides is 1. The smallest absolute Gasteiger partial charge is 0.286 e. The average molecular weight is 356 g/mol. The maximum atomic E-state index is 12.2. The predicted octanol–water partition coefficient (Wildman–Crippen LogP) is 3.82. The molecule has 0 saturated heterocycles. The molecule has 5 heteroatoms. The molecule has 0 radical (unpaired) electrons. The molecule has 0 unspecified atom stereocenters. The van der Waals surface area contributed by atoms with Gasteiger partial charge in [0.1, 0.15) is 11.3 Å². The van der Waals surface area contributed by atoms with Gasteiger partial charge in [-0.15, -0.1) is 0 Å². The number of rotatable bonds is 10. The second-order valence-corrected chi connectivity index (χ2v) is 5.92. The van der Waals surface area contributed by atoms with E-state index >= 15 is 0 Å². The van der Waals surface area contributed by atoms with Gasteiger partial charge in [0.05, 0.1) is 7.11 Å². The van der Waals surface area contributed by atoms with E-state index in [1.165, 1.54) is 7.11 Å². The van der Waals surface area contributed by atoms with Crippen molar-refractivity contribution in [3.63, 3.8) is 0 Å². The fourth-order valence-corrected chi connectivity index (χ4v) is 2.68. The molecule has 26 heavy (non-hydrogen) atoms. The summed E-state index contributed by atoms with van der Waals surface area (Å²) in [6.45, 7) is 7.94. The van der Waals surface area contributed by atoms with Crippen molar-refractivity contribution >= 4 is 23.0 Å². The van der Waals surface area contributed by atoms with Crippen LogP contribution in [-0.2, 0) is 9.53 Å². The van der Waals surface area contributed by atoms with Crippen molar-refractivity contribution in [1.82, 2.24) is 10.2 Å². The van der Waals surface area contributed by atoms with Crippen LogP contribution in [0, 0.1) is 0 Å². The number of furan rings is 1. The Morgan fingerprint density at radius 3 is 2.73 bits per heavy atom. The Kier molecular flexibility index (Phi) is 7.96. The van der Waals surface area contributed by atoms with Crippen LogP contribution < -0.4 is 5.32 Å². The van der Waals surface area contributed by atoms with E-state index in [9.17, 15) is 4.79 Å². The lowest BCUT2D eigenvalue weighted by Gasteiger charge is -2.17. The number of ether oxygens (including phenoxy) is 1. The third-order valence-corrected chi connectivity index (χ3v) is 4.23. The minimum absolute atomic E-state index is 0.207. The molecule has 0 spiro atoms. The number of benzene rings is 1. The Bertz CT molecular complexity index is 724. The number of hydrogen-bond acceptors (Lipinski definition) is 4. The summed E-state index contributed by atoms with van der Waals surface area (Å²) < 4.78 is 10.9. The fourth-order valence-electron chi connectivity index (χ4n) is 2.68. The molecule has 0 bridgehead atoms. The van der Waals surface area contributed by atoms with Gasteiger partial charge in [-0.3, -0.25) is 4.79 Å². The number of carbonyl (C=O) groups is 1. The molecule has 0 aliphatic heterocycles. The maximum absolute atomic E-state index is 12.2. The summed E-state index contributed by atoms with van der Waals surface area (Å²) in [5, 5.41) is 3.94. The maximum Gasteiger partial charge on any atom is 0.286 e. The lowest BCUT2D eigenvalue weighted by molar-refractivity contribution is -0.120. The van der Waals surface area contributed by atoms with Gasteiger partial charge in [-0.25, -0.2) is 0 Å². The Morgan fingerprint density at radius 2 is 2.04 bits per heavy atom. The molecule has 0 fully saturated rings. The van der Waals surface area contributed by atoms with Crippen molar-refractivity contribution in [3.05, 3.63) is 54.0 Å². The topological polar surface area (TPSA) is 54.7 Å². The minimum Gasteiger partial charge on any atom is -0.491 e. The van der Waals surface area contributed by atoms with Gasteiger partial charge in [0.2, 0.25) is 0 Å². The molecule has 1 aromatic heterocycles. The molecule has 0 saturated carbocycles. The zero-order valence-electron chi connectivity index (χ0n) is 15.8. The Morgan fingerprint density at radius 1 is 1.27 bits per heavy atom. The van der Waals surface area contributed by atoms with Crippen molar-refractivity contribution in [1.29, 1.82) is 0 Å².